The Morgan fingerprint density at radius 1 is 1.23 bits per heavy atom. The maximum absolute atomic E-state index is 9.90. The molecule has 1 aliphatic rings. The van der Waals surface area contributed by atoms with Gasteiger partial charge in [-0.1, -0.05) is 33.1 Å². The normalized spacial score (nSPS) is 18.0. The summed E-state index contributed by atoms with van der Waals surface area (Å²) in [7, 11) is 0. The maximum Gasteiger partial charge on any atom is 0.191 e. The minimum atomic E-state index is -0.537. The van der Waals surface area contributed by atoms with E-state index in [-0.39, 0.29) is 24.0 Å². The molecule has 1 atom stereocenters. The van der Waals surface area contributed by atoms with Crippen molar-refractivity contribution < 1.29 is 9.84 Å². The zero-order valence-corrected chi connectivity index (χ0v) is 16.6. The van der Waals surface area contributed by atoms with Crippen LogP contribution in [-0.4, -0.2) is 49.5 Å². The van der Waals surface area contributed by atoms with E-state index >= 15 is 0 Å². The molecule has 0 aromatic heterocycles. The fraction of sp³-hybridized carbons (Fsp3) is 0.938. The fourth-order valence-electron chi connectivity index (χ4n) is 2.45. The predicted molar refractivity (Wildman–Crippen MR) is 103 cm³/mol. The van der Waals surface area contributed by atoms with Crippen molar-refractivity contribution in [2.45, 2.75) is 65.0 Å². The maximum atomic E-state index is 9.90. The summed E-state index contributed by atoms with van der Waals surface area (Å²) in [5.41, 5.74) is 0. The molecular formula is C16H34IN3O2. The summed E-state index contributed by atoms with van der Waals surface area (Å²) in [6, 6.07) is 0.519. The van der Waals surface area contributed by atoms with Gasteiger partial charge < -0.3 is 20.5 Å². The average Bonchev–Trinajstić information content (AvgIpc) is 2.46. The second-order valence-corrected chi connectivity index (χ2v) is 6.28. The molecule has 0 saturated heterocycles. The second kappa shape index (κ2) is 13.4. The average molecular weight is 427 g/mol. The minimum absolute atomic E-state index is 0. The molecule has 0 heterocycles. The summed E-state index contributed by atoms with van der Waals surface area (Å²) in [5, 5.41) is 16.6. The Balaban J connectivity index is 0.00000441. The van der Waals surface area contributed by atoms with Gasteiger partial charge in [-0.2, -0.15) is 0 Å². The Labute approximate surface area is 152 Å². The van der Waals surface area contributed by atoms with Gasteiger partial charge in [0, 0.05) is 19.2 Å². The van der Waals surface area contributed by atoms with Crippen LogP contribution in [0.2, 0.25) is 0 Å². The third kappa shape index (κ3) is 10.6. The number of nitrogens with one attached hydrogen (secondary N) is 2. The summed E-state index contributed by atoms with van der Waals surface area (Å²) in [4.78, 5) is 4.47. The molecule has 6 heteroatoms. The lowest BCUT2D eigenvalue weighted by atomic mass is 9.96. The van der Waals surface area contributed by atoms with E-state index in [1.165, 1.54) is 32.1 Å². The highest BCUT2D eigenvalue weighted by molar-refractivity contribution is 14.0. The molecular weight excluding hydrogens is 393 g/mol. The molecule has 22 heavy (non-hydrogen) atoms. The van der Waals surface area contributed by atoms with Gasteiger partial charge in [0.1, 0.15) is 0 Å². The standard InChI is InChI=1S/C16H33N3O2.HI/c1-4-17-16(19-14-8-6-5-7-9-14)18-10-15(20)12-21-11-13(2)3;/h13-15,20H,4-12H2,1-3H3,(H2,17,18,19);1H. The Bertz CT molecular complexity index is 295. The van der Waals surface area contributed by atoms with Gasteiger partial charge in [0.05, 0.1) is 19.3 Å². The van der Waals surface area contributed by atoms with Crippen LogP contribution in [0, 0.1) is 5.92 Å². The summed E-state index contributed by atoms with van der Waals surface area (Å²) < 4.78 is 5.44. The van der Waals surface area contributed by atoms with Gasteiger partial charge in [0.25, 0.3) is 0 Å². The molecule has 0 amide bonds. The van der Waals surface area contributed by atoms with E-state index in [1.807, 2.05) is 0 Å². The van der Waals surface area contributed by atoms with Crippen molar-refractivity contribution in [1.29, 1.82) is 0 Å². The zero-order valence-electron chi connectivity index (χ0n) is 14.3. The van der Waals surface area contributed by atoms with Crippen molar-refractivity contribution in [3.8, 4) is 0 Å². The minimum Gasteiger partial charge on any atom is -0.389 e. The third-order valence-electron chi connectivity index (χ3n) is 3.51. The fourth-order valence-corrected chi connectivity index (χ4v) is 2.45. The number of nitrogens with zero attached hydrogens (tertiary/aromatic N) is 1. The lowest BCUT2D eigenvalue weighted by Crippen LogP contribution is -2.44. The Kier molecular flexibility index (Phi) is 13.3. The van der Waals surface area contributed by atoms with Crippen LogP contribution in [0.4, 0.5) is 0 Å². The van der Waals surface area contributed by atoms with Gasteiger partial charge in [-0.15, -0.1) is 24.0 Å². The van der Waals surface area contributed by atoms with Crippen molar-refractivity contribution in [2.75, 3.05) is 26.3 Å². The molecule has 0 aromatic carbocycles. The molecule has 1 fully saturated rings. The number of aliphatic imine (C=N–C) groups is 1. The molecule has 1 rings (SSSR count). The number of guanidine groups is 1. The molecule has 0 aliphatic heterocycles. The van der Waals surface area contributed by atoms with Crippen LogP contribution in [0.3, 0.4) is 0 Å². The van der Waals surface area contributed by atoms with E-state index in [9.17, 15) is 5.11 Å². The molecule has 0 aromatic rings. The number of aliphatic hydroxyl groups excluding tert-OH is 1. The van der Waals surface area contributed by atoms with Crippen LogP contribution in [0.25, 0.3) is 0 Å². The largest absolute Gasteiger partial charge is 0.389 e. The first kappa shape index (κ1) is 21.9. The monoisotopic (exact) mass is 427 g/mol. The quantitative estimate of drug-likeness (QED) is 0.317. The molecule has 1 unspecified atom stereocenters. The summed E-state index contributed by atoms with van der Waals surface area (Å²) >= 11 is 0. The SMILES string of the molecule is CCNC(=NCC(O)COCC(C)C)NC1CCCCC1.I. The van der Waals surface area contributed by atoms with Crippen molar-refractivity contribution in [2.24, 2.45) is 10.9 Å². The first-order valence-corrected chi connectivity index (χ1v) is 8.42. The predicted octanol–water partition coefficient (Wildman–Crippen LogP) is 2.53. The van der Waals surface area contributed by atoms with E-state index in [2.05, 4.69) is 36.4 Å². The molecule has 132 valence electrons. The lowest BCUT2D eigenvalue weighted by Gasteiger charge is -2.25. The summed E-state index contributed by atoms with van der Waals surface area (Å²) in [6.45, 7) is 8.49. The Hall–Kier alpha value is -0.0800. The lowest BCUT2D eigenvalue weighted by molar-refractivity contribution is 0.0301. The number of hydrogen-bond donors (Lipinski definition) is 3. The van der Waals surface area contributed by atoms with Crippen LogP contribution >= 0.6 is 24.0 Å². The van der Waals surface area contributed by atoms with Crippen LogP contribution < -0.4 is 10.6 Å². The first-order valence-electron chi connectivity index (χ1n) is 8.42. The van der Waals surface area contributed by atoms with Gasteiger partial charge in [-0.25, -0.2) is 0 Å². The van der Waals surface area contributed by atoms with Gasteiger partial charge in [0.2, 0.25) is 0 Å². The second-order valence-electron chi connectivity index (χ2n) is 6.28. The molecule has 0 radical (unpaired) electrons. The van der Waals surface area contributed by atoms with Gasteiger partial charge in [-0.05, 0) is 25.7 Å². The topological polar surface area (TPSA) is 65.9 Å². The van der Waals surface area contributed by atoms with Gasteiger partial charge in [-0.3, -0.25) is 4.99 Å². The molecule has 3 N–H and O–H groups in total. The van der Waals surface area contributed by atoms with Crippen molar-refractivity contribution in [3.63, 3.8) is 0 Å². The van der Waals surface area contributed by atoms with Crippen LogP contribution in [0.15, 0.2) is 4.99 Å². The van der Waals surface area contributed by atoms with E-state index in [0.717, 1.165) is 12.5 Å². The van der Waals surface area contributed by atoms with Crippen LogP contribution in [0.1, 0.15) is 52.9 Å². The number of halogens is 1. The number of ether oxygens (including phenoxy) is 1. The summed E-state index contributed by atoms with van der Waals surface area (Å²) in [5.74, 6) is 1.30. The van der Waals surface area contributed by atoms with Crippen molar-refractivity contribution in [3.05, 3.63) is 0 Å². The molecule has 0 bridgehead atoms. The molecule has 1 aliphatic carbocycles. The molecule has 1 saturated carbocycles. The summed E-state index contributed by atoms with van der Waals surface area (Å²) in [6.07, 6.45) is 5.82. The molecule has 5 nitrogen and oxygen atoms in total. The smallest absolute Gasteiger partial charge is 0.191 e. The zero-order chi connectivity index (χ0) is 15.5. The number of aliphatic hydroxyl groups is 1. The van der Waals surface area contributed by atoms with E-state index < -0.39 is 6.10 Å². The highest BCUT2D eigenvalue weighted by atomic mass is 127. The first-order chi connectivity index (χ1) is 10.1. The van der Waals surface area contributed by atoms with Crippen LogP contribution in [0.5, 0.6) is 0 Å². The van der Waals surface area contributed by atoms with Crippen molar-refractivity contribution in [1.82, 2.24) is 10.6 Å². The van der Waals surface area contributed by atoms with E-state index in [0.29, 0.717) is 31.7 Å². The Morgan fingerprint density at radius 3 is 2.50 bits per heavy atom. The van der Waals surface area contributed by atoms with Gasteiger partial charge >= 0.3 is 0 Å². The van der Waals surface area contributed by atoms with Crippen LogP contribution in [-0.2, 0) is 4.74 Å². The van der Waals surface area contributed by atoms with E-state index in [1.54, 1.807) is 0 Å². The third-order valence-corrected chi connectivity index (χ3v) is 3.51. The highest BCUT2D eigenvalue weighted by Crippen LogP contribution is 2.17. The Morgan fingerprint density at radius 2 is 1.91 bits per heavy atom. The number of rotatable bonds is 8. The number of hydrogen-bond acceptors (Lipinski definition) is 3. The van der Waals surface area contributed by atoms with E-state index in [4.69, 9.17) is 4.74 Å². The van der Waals surface area contributed by atoms with Gasteiger partial charge in [0.15, 0.2) is 5.96 Å². The van der Waals surface area contributed by atoms with Crippen molar-refractivity contribution >= 4 is 29.9 Å². The highest BCUT2D eigenvalue weighted by Gasteiger charge is 2.14. The molecule has 0 spiro atoms.